The number of allylic oxidation sites excluding steroid dienone is 2. The molecule has 1 aromatic rings. The molecule has 1 saturated heterocycles. The largest absolute Gasteiger partial charge is 0.511 e. The molecular weight excluding hydrogens is 464 g/mol. The highest BCUT2D eigenvalue weighted by atomic mass is 16.3. The van der Waals surface area contributed by atoms with E-state index >= 15 is 0 Å². The number of likely N-dealkylation sites (tertiary alicyclic amines) is 1. The number of carbonyl (C=O) groups excluding carboxylic acids is 3. The van der Waals surface area contributed by atoms with Gasteiger partial charge in [0.25, 0.3) is 5.91 Å². The van der Waals surface area contributed by atoms with Gasteiger partial charge in [0.05, 0.1) is 5.56 Å². The molecule has 9 nitrogen and oxygen atoms in total. The smallest absolute Gasteiger partial charge is 0.255 e. The maximum Gasteiger partial charge on any atom is 0.255 e. The average molecular weight is 497 g/mol. The highest BCUT2D eigenvalue weighted by Gasteiger charge is 2.59. The molecule has 0 aromatic heterocycles. The predicted octanol–water partition coefficient (Wildman–Crippen LogP) is 2.20. The first-order chi connectivity index (χ1) is 16.8. The third kappa shape index (κ3) is 3.64. The van der Waals surface area contributed by atoms with Gasteiger partial charge in [0.1, 0.15) is 22.8 Å². The number of primary amides is 1. The highest BCUT2D eigenvalue weighted by Crippen LogP contribution is 2.51. The molecule has 1 unspecified atom stereocenters. The van der Waals surface area contributed by atoms with E-state index in [-0.39, 0.29) is 29.7 Å². The van der Waals surface area contributed by atoms with Crippen LogP contribution in [0.25, 0.3) is 0 Å². The van der Waals surface area contributed by atoms with Crippen LogP contribution in [0.1, 0.15) is 61.0 Å². The molecule has 0 radical (unpaired) electrons. The van der Waals surface area contributed by atoms with Crippen LogP contribution >= 0.6 is 0 Å². The van der Waals surface area contributed by atoms with Crippen LogP contribution in [0.3, 0.4) is 0 Å². The van der Waals surface area contributed by atoms with Crippen molar-refractivity contribution in [2.45, 2.75) is 58.1 Å². The van der Waals surface area contributed by atoms with Crippen molar-refractivity contribution in [3.8, 4) is 5.75 Å². The number of hydrogen-bond acceptors (Lipinski definition) is 8. The van der Waals surface area contributed by atoms with Crippen molar-refractivity contribution >= 4 is 17.5 Å². The SMILES string of the molecule is CC1(C)CCN(Cc2cc(O)c3c(c2)CC2C[C@H]4CC(O)=C(C(N)=O)C(=O)[C@@]4(O)C(O)=C2C3=O)CC1. The molecule has 3 atom stereocenters. The molecule has 9 heteroatoms. The third-order valence-corrected chi connectivity index (χ3v) is 8.55. The fourth-order valence-corrected chi connectivity index (χ4v) is 6.38. The summed E-state index contributed by atoms with van der Waals surface area (Å²) in [5.74, 6) is -6.08. The normalized spacial score (nSPS) is 30.1. The maximum absolute atomic E-state index is 13.5. The number of benzene rings is 1. The molecule has 0 saturated carbocycles. The number of amides is 1. The number of phenols is 1. The van der Waals surface area contributed by atoms with Gasteiger partial charge in [0, 0.05) is 24.5 Å². The first-order valence-corrected chi connectivity index (χ1v) is 12.4. The molecule has 192 valence electrons. The number of nitrogens with two attached hydrogens (primary N) is 1. The van der Waals surface area contributed by atoms with Crippen LogP contribution in [0.4, 0.5) is 0 Å². The van der Waals surface area contributed by atoms with E-state index in [9.17, 15) is 34.8 Å². The van der Waals surface area contributed by atoms with E-state index in [1.54, 1.807) is 6.07 Å². The second-order valence-corrected chi connectivity index (χ2v) is 11.5. The van der Waals surface area contributed by atoms with Gasteiger partial charge >= 0.3 is 0 Å². The molecule has 0 bridgehead atoms. The van der Waals surface area contributed by atoms with Crippen LogP contribution in [-0.4, -0.2) is 61.5 Å². The number of rotatable bonds is 3. The van der Waals surface area contributed by atoms with Crippen molar-refractivity contribution < 1.29 is 34.8 Å². The number of fused-ring (bicyclic) bond motifs is 3. The summed E-state index contributed by atoms with van der Waals surface area (Å²) in [6, 6.07) is 3.47. The zero-order valence-electron chi connectivity index (χ0n) is 20.5. The number of aliphatic hydroxyl groups excluding tert-OH is 2. The summed E-state index contributed by atoms with van der Waals surface area (Å²) in [7, 11) is 0. The Morgan fingerprint density at radius 3 is 2.42 bits per heavy atom. The van der Waals surface area contributed by atoms with E-state index in [1.807, 2.05) is 6.07 Å². The molecule has 5 rings (SSSR count). The van der Waals surface area contributed by atoms with Crippen LogP contribution in [0.5, 0.6) is 5.75 Å². The quantitative estimate of drug-likeness (QED) is 0.398. The monoisotopic (exact) mass is 496 g/mol. The number of aliphatic hydroxyl groups is 3. The van der Waals surface area contributed by atoms with Gasteiger partial charge in [-0.25, -0.2) is 0 Å². The molecular formula is C27H32N2O7. The Morgan fingerprint density at radius 1 is 1.11 bits per heavy atom. The fourth-order valence-electron chi connectivity index (χ4n) is 6.38. The van der Waals surface area contributed by atoms with Crippen LogP contribution in [0.15, 0.2) is 34.8 Å². The molecule has 36 heavy (non-hydrogen) atoms. The Hall–Kier alpha value is -3.17. The van der Waals surface area contributed by atoms with Gasteiger partial charge in [0.2, 0.25) is 5.78 Å². The molecule has 3 aliphatic carbocycles. The number of Topliss-reactive ketones (excluding diaryl/α,β-unsaturated/α-hetero) is 2. The second-order valence-electron chi connectivity index (χ2n) is 11.5. The summed E-state index contributed by atoms with van der Waals surface area (Å²) in [6.45, 7) is 7.07. The van der Waals surface area contributed by atoms with Gasteiger partial charge in [-0.05, 0) is 67.3 Å². The summed E-state index contributed by atoms with van der Waals surface area (Å²) in [5, 5.41) is 43.4. The van der Waals surface area contributed by atoms with Crippen molar-refractivity contribution in [2.75, 3.05) is 13.1 Å². The molecule has 1 aliphatic heterocycles. The standard InChI is InChI=1S/C27H32N2O7/c1-26(2)3-5-29(6-4-26)12-13-7-14-9-15-10-16-11-18(31)21(25(28)35)24(34)27(16,36)23(33)20(15)22(32)19(14)17(30)8-13/h7-8,15-16,30-31,33,36H,3-6,9-12H2,1-2H3,(H2,28,35)/t15?,16-,27-/m0/s1. The zero-order chi connectivity index (χ0) is 26.2. The molecule has 1 aromatic carbocycles. The minimum absolute atomic E-state index is 0.0511. The number of carbonyl (C=O) groups is 3. The Labute approximate surface area is 208 Å². The molecule has 4 aliphatic rings. The summed E-state index contributed by atoms with van der Waals surface area (Å²) in [6.07, 6.45) is 2.39. The minimum atomic E-state index is -2.53. The van der Waals surface area contributed by atoms with E-state index in [0.29, 0.717) is 23.9 Å². The minimum Gasteiger partial charge on any atom is -0.511 e. The van der Waals surface area contributed by atoms with E-state index in [0.717, 1.165) is 31.5 Å². The maximum atomic E-state index is 13.5. The predicted molar refractivity (Wildman–Crippen MR) is 129 cm³/mol. The Bertz CT molecular complexity index is 1250. The second kappa shape index (κ2) is 8.18. The van der Waals surface area contributed by atoms with Gasteiger partial charge in [0.15, 0.2) is 11.4 Å². The van der Waals surface area contributed by atoms with E-state index in [4.69, 9.17) is 5.73 Å². The third-order valence-electron chi connectivity index (χ3n) is 8.55. The molecule has 1 fully saturated rings. The van der Waals surface area contributed by atoms with E-state index in [2.05, 4.69) is 18.7 Å². The molecule has 1 heterocycles. The summed E-state index contributed by atoms with van der Waals surface area (Å²) < 4.78 is 0. The number of ketones is 2. The Kier molecular flexibility index (Phi) is 5.57. The number of phenolic OH excluding ortho intramolecular Hbond substituents is 1. The average Bonchev–Trinajstić information content (AvgIpc) is 2.77. The number of piperidine rings is 1. The Morgan fingerprint density at radius 2 is 1.78 bits per heavy atom. The van der Waals surface area contributed by atoms with Crippen LogP contribution < -0.4 is 5.73 Å². The first-order valence-electron chi connectivity index (χ1n) is 12.4. The van der Waals surface area contributed by atoms with Crippen LogP contribution in [0.2, 0.25) is 0 Å². The van der Waals surface area contributed by atoms with Gasteiger partial charge in [-0.15, -0.1) is 0 Å². The van der Waals surface area contributed by atoms with Crippen LogP contribution in [-0.2, 0) is 22.6 Å². The lowest BCUT2D eigenvalue weighted by molar-refractivity contribution is -0.144. The molecule has 6 N–H and O–H groups in total. The number of hydrogen-bond donors (Lipinski definition) is 5. The lowest BCUT2D eigenvalue weighted by atomic mass is 9.60. The van der Waals surface area contributed by atoms with Gasteiger partial charge < -0.3 is 26.2 Å². The van der Waals surface area contributed by atoms with E-state index < -0.39 is 52.0 Å². The number of aromatic hydroxyl groups is 1. The lowest BCUT2D eigenvalue weighted by Crippen LogP contribution is -2.57. The number of nitrogens with zero attached hydrogens (tertiary/aromatic N) is 1. The van der Waals surface area contributed by atoms with Crippen molar-refractivity contribution in [3.63, 3.8) is 0 Å². The summed E-state index contributed by atoms with van der Waals surface area (Å²) in [5.41, 5.74) is 3.69. The molecule has 0 spiro atoms. The zero-order valence-corrected chi connectivity index (χ0v) is 20.5. The van der Waals surface area contributed by atoms with Gasteiger partial charge in [-0.2, -0.15) is 0 Å². The molecule has 1 amide bonds. The van der Waals surface area contributed by atoms with Gasteiger partial charge in [-0.1, -0.05) is 19.9 Å². The van der Waals surface area contributed by atoms with Crippen molar-refractivity contribution in [2.24, 2.45) is 23.0 Å². The van der Waals surface area contributed by atoms with Gasteiger partial charge in [-0.3, -0.25) is 19.3 Å². The van der Waals surface area contributed by atoms with Crippen molar-refractivity contribution in [3.05, 3.63) is 51.5 Å². The summed E-state index contributed by atoms with van der Waals surface area (Å²) in [4.78, 5) is 40.5. The Balaban J connectivity index is 1.49. The fraction of sp³-hybridized carbons (Fsp3) is 0.519. The van der Waals surface area contributed by atoms with Crippen molar-refractivity contribution in [1.82, 2.24) is 4.90 Å². The van der Waals surface area contributed by atoms with Crippen molar-refractivity contribution in [1.29, 1.82) is 0 Å². The topological polar surface area (TPSA) is 161 Å². The van der Waals surface area contributed by atoms with E-state index in [1.165, 1.54) is 0 Å². The first kappa shape index (κ1) is 24.5. The summed E-state index contributed by atoms with van der Waals surface area (Å²) >= 11 is 0. The highest BCUT2D eigenvalue weighted by molar-refractivity contribution is 6.24. The lowest BCUT2D eigenvalue weighted by Gasteiger charge is -2.45. The van der Waals surface area contributed by atoms with Crippen LogP contribution in [0, 0.1) is 17.3 Å².